The lowest BCUT2D eigenvalue weighted by Gasteiger charge is -2.33. The van der Waals surface area contributed by atoms with E-state index in [-0.39, 0.29) is 18.4 Å². The highest BCUT2D eigenvalue weighted by molar-refractivity contribution is 6.03. The second-order valence-electron chi connectivity index (χ2n) is 7.27. The Balaban J connectivity index is 1.59. The Kier molecular flexibility index (Phi) is 4.83. The summed E-state index contributed by atoms with van der Waals surface area (Å²) in [6.07, 6.45) is 4.16. The lowest BCUT2D eigenvalue weighted by Crippen LogP contribution is -2.31. The number of nitrogens with two attached hydrogens (primary N) is 1. The predicted molar refractivity (Wildman–Crippen MR) is 110 cm³/mol. The van der Waals surface area contributed by atoms with Gasteiger partial charge in [0.15, 0.2) is 0 Å². The van der Waals surface area contributed by atoms with Crippen LogP contribution < -0.4 is 15.8 Å². The molecule has 2 aromatic carbocycles. The number of hydrogen-bond donors (Lipinski definition) is 4. The number of anilines is 3. The van der Waals surface area contributed by atoms with E-state index in [2.05, 4.69) is 22.2 Å². The van der Waals surface area contributed by atoms with Gasteiger partial charge in [-0.3, -0.25) is 0 Å². The van der Waals surface area contributed by atoms with Gasteiger partial charge in [0.05, 0.1) is 18.4 Å². The minimum absolute atomic E-state index is 0.0816. The first-order valence-corrected chi connectivity index (χ1v) is 9.31. The molecule has 0 saturated heterocycles. The van der Waals surface area contributed by atoms with Crippen molar-refractivity contribution < 1.29 is 9.84 Å². The van der Waals surface area contributed by atoms with Gasteiger partial charge in [-0.2, -0.15) is 0 Å². The largest absolute Gasteiger partial charge is 0.488 e. The standard InChI is InChI=1S/C21H23N5O2/c1-12-7-15(8-12)28-19-4-2-3-13-10-24-21(26-20(13)19)25-14-5-6-16(17(22)9-14)18(23)11-27/h2-6,9-10,12,15,23,27H,7-8,11,22H2,1H3,(H,24,25,26). The van der Waals surface area contributed by atoms with Crippen LogP contribution in [0.25, 0.3) is 10.9 Å². The Hall–Kier alpha value is -3.19. The first-order chi connectivity index (χ1) is 13.5. The highest BCUT2D eigenvalue weighted by Crippen LogP contribution is 2.33. The molecule has 1 aliphatic rings. The van der Waals surface area contributed by atoms with Crippen molar-refractivity contribution in [2.75, 3.05) is 17.7 Å². The van der Waals surface area contributed by atoms with Gasteiger partial charge in [0.25, 0.3) is 0 Å². The molecule has 5 N–H and O–H groups in total. The summed E-state index contributed by atoms with van der Waals surface area (Å²) in [5.74, 6) is 1.92. The van der Waals surface area contributed by atoms with E-state index in [0.717, 1.165) is 29.5 Å². The van der Waals surface area contributed by atoms with Crippen LogP contribution in [0.5, 0.6) is 5.75 Å². The van der Waals surface area contributed by atoms with E-state index in [1.54, 1.807) is 24.4 Å². The summed E-state index contributed by atoms with van der Waals surface area (Å²) in [6.45, 7) is 1.87. The molecule has 1 heterocycles. The molecule has 1 saturated carbocycles. The number of fused-ring (bicyclic) bond motifs is 1. The molecular formula is C21H23N5O2. The zero-order valence-corrected chi connectivity index (χ0v) is 15.6. The van der Waals surface area contributed by atoms with Gasteiger partial charge in [-0.1, -0.05) is 19.1 Å². The molecule has 3 aromatic rings. The SMILES string of the molecule is CC1CC(Oc2cccc3cnc(Nc4ccc(C(=N)CO)c(N)c4)nc23)C1. The average Bonchev–Trinajstić information content (AvgIpc) is 2.67. The van der Waals surface area contributed by atoms with Crippen LogP contribution >= 0.6 is 0 Å². The third-order valence-corrected chi connectivity index (χ3v) is 4.99. The monoisotopic (exact) mass is 377 g/mol. The molecule has 0 aliphatic heterocycles. The van der Waals surface area contributed by atoms with Gasteiger partial charge in [0.2, 0.25) is 5.95 Å². The van der Waals surface area contributed by atoms with E-state index in [1.807, 2.05) is 18.2 Å². The molecule has 1 fully saturated rings. The van der Waals surface area contributed by atoms with Crippen LogP contribution in [0.1, 0.15) is 25.3 Å². The highest BCUT2D eigenvalue weighted by Gasteiger charge is 2.27. The van der Waals surface area contributed by atoms with Gasteiger partial charge < -0.3 is 26.3 Å². The van der Waals surface area contributed by atoms with Gasteiger partial charge in [-0.25, -0.2) is 9.97 Å². The normalized spacial score (nSPS) is 18.5. The van der Waals surface area contributed by atoms with Gasteiger partial charge in [0.1, 0.15) is 11.3 Å². The van der Waals surface area contributed by atoms with Crippen LogP contribution in [0.3, 0.4) is 0 Å². The Morgan fingerprint density at radius 3 is 2.86 bits per heavy atom. The van der Waals surface area contributed by atoms with Crippen molar-refractivity contribution in [1.29, 1.82) is 5.41 Å². The molecule has 28 heavy (non-hydrogen) atoms. The smallest absolute Gasteiger partial charge is 0.227 e. The molecule has 1 aliphatic carbocycles. The third-order valence-electron chi connectivity index (χ3n) is 4.99. The van der Waals surface area contributed by atoms with Crippen molar-refractivity contribution in [1.82, 2.24) is 9.97 Å². The molecule has 0 atom stereocenters. The van der Waals surface area contributed by atoms with Crippen molar-refractivity contribution in [2.45, 2.75) is 25.9 Å². The van der Waals surface area contributed by atoms with E-state index in [9.17, 15) is 0 Å². The van der Waals surface area contributed by atoms with E-state index >= 15 is 0 Å². The number of aromatic nitrogens is 2. The van der Waals surface area contributed by atoms with Gasteiger partial charge in [-0.15, -0.1) is 0 Å². The van der Waals surface area contributed by atoms with Gasteiger partial charge in [-0.05, 0) is 43.0 Å². The molecule has 0 bridgehead atoms. The quantitative estimate of drug-likeness (QED) is 0.386. The molecule has 0 amide bonds. The summed E-state index contributed by atoms with van der Waals surface area (Å²) in [6, 6.07) is 11.0. The number of nitrogen functional groups attached to an aromatic ring is 1. The Bertz CT molecular complexity index is 1030. The van der Waals surface area contributed by atoms with Crippen molar-refractivity contribution in [2.24, 2.45) is 5.92 Å². The molecule has 0 radical (unpaired) electrons. The number of ether oxygens (including phenoxy) is 1. The number of aliphatic hydroxyl groups excluding tert-OH is 1. The molecule has 7 heteroatoms. The second-order valence-corrected chi connectivity index (χ2v) is 7.27. The predicted octanol–water partition coefficient (Wildman–Crippen LogP) is 3.49. The molecule has 7 nitrogen and oxygen atoms in total. The topological polar surface area (TPSA) is 117 Å². The summed E-state index contributed by atoms with van der Waals surface area (Å²) in [4.78, 5) is 9.01. The first kappa shape index (κ1) is 18.2. The number of benzene rings is 2. The molecule has 0 unspecified atom stereocenters. The minimum Gasteiger partial charge on any atom is -0.488 e. The molecule has 144 valence electrons. The van der Waals surface area contributed by atoms with Gasteiger partial charge in [0, 0.05) is 28.5 Å². The van der Waals surface area contributed by atoms with E-state index in [4.69, 9.17) is 21.0 Å². The number of aliphatic hydroxyl groups is 1. The number of hydrogen-bond acceptors (Lipinski definition) is 7. The number of rotatable bonds is 6. The van der Waals surface area contributed by atoms with Crippen LogP contribution in [0.4, 0.5) is 17.3 Å². The Morgan fingerprint density at radius 2 is 2.14 bits per heavy atom. The molecule has 4 rings (SSSR count). The Labute approximate surface area is 163 Å². The van der Waals surface area contributed by atoms with Crippen molar-refractivity contribution in [3.63, 3.8) is 0 Å². The number of nitrogens with zero attached hydrogens (tertiary/aromatic N) is 2. The van der Waals surface area contributed by atoms with E-state index < -0.39 is 0 Å². The van der Waals surface area contributed by atoms with E-state index in [1.165, 1.54) is 0 Å². The summed E-state index contributed by atoms with van der Waals surface area (Å²) in [5, 5.41) is 20.9. The van der Waals surface area contributed by atoms with E-state index in [0.29, 0.717) is 28.8 Å². The number of nitrogens with one attached hydrogen (secondary N) is 2. The lowest BCUT2D eigenvalue weighted by atomic mass is 9.84. The maximum absolute atomic E-state index is 9.12. The highest BCUT2D eigenvalue weighted by atomic mass is 16.5. The molecular weight excluding hydrogens is 354 g/mol. The van der Waals surface area contributed by atoms with Crippen molar-refractivity contribution in [3.8, 4) is 5.75 Å². The van der Waals surface area contributed by atoms with Crippen LogP contribution in [0.2, 0.25) is 0 Å². The maximum atomic E-state index is 9.12. The fraction of sp³-hybridized carbons (Fsp3) is 0.286. The summed E-state index contributed by atoms with van der Waals surface area (Å²) < 4.78 is 6.13. The number of para-hydroxylation sites is 1. The van der Waals surface area contributed by atoms with Crippen LogP contribution in [-0.4, -0.2) is 33.5 Å². The fourth-order valence-electron chi connectivity index (χ4n) is 3.42. The van der Waals surface area contributed by atoms with Gasteiger partial charge >= 0.3 is 0 Å². The first-order valence-electron chi connectivity index (χ1n) is 9.31. The minimum atomic E-state index is -0.354. The summed E-state index contributed by atoms with van der Waals surface area (Å²) in [5.41, 5.74) is 8.48. The third kappa shape index (κ3) is 3.61. The van der Waals surface area contributed by atoms with Crippen molar-refractivity contribution in [3.05, 3.63) is 48.2 Å². The van der Waals surface area contributed by atoms with Crippen molar-refractivity contribution >= 4 is 33.9 Å². The fourth-order valence-corrected chi connectivity index (χ4v) is 3.42. The lowest BCUT2D eigenvalue weighted by molar-refractivity contribution is 0.0751. The Morgan fingerprint density at radius 1 is 1.32 bits per heavy atom. The second kappa shape index (κ2) is 7.44. The zero-order chi connectivity index (χ0) is 19.7. The molecule has 1 aromatic heterocycles. The maximum Gasteiger partial charge on any atom is 0.227 e. The average molecular weight is 377 g/mol. The molecule has 0 spiro atoms. The van der Waals surface area contributed by atoms with Crippen LogP contribution in [-0.2, 0) is 0 Å². The summed E-state index contributed by atoms with van der Waals surface area (Å²) >= 11 is 0. The zero-order valence-electron chi connectivity index (χ0n) is 15.6. The van der Waals surface area contributed by atoms with Crippen LogP contribution in [0.15, 0.2) is 42.6 Å². The van der Waals surface area contributed by atoms with Crippen LogP contribution in [0, 0.1) is 11.3 Å². The summed E-state index contributed by atoms with van der Waals surface area (Å²) in [7, 11) is 0.